The van der Waals surface area contributed by atoms with E-state index in [2.05, 4.69) is 0 Å². The molecule has 2 unspecified atom stereocenters. The zero-order valence-electron chi connectivity index (χ0n) is 10.5. The van der Waals surface area contributed by atoms with E-state index in [9.17, 15) is 14.0 Å². The molecule has 1 heterocycles. The van der Waals surface area contributed by atoms with Crippen molar-refractivity contribution in [3.8, 4) is 5.75 Å². The van der Waals surface area contributed by atoms with Crippen LogP contribution in [0.15, 0.2) is 18.2 Å². The van der Waals surface area contributed by atoms with Gasteiger partial charge in [0.1, 0.15) is 6.10 Å². The summed E-state index contributed by atoms with van der Waals surface area (Å²) < 4.78 is 29.0. The number of rotatable bonds is 2. The first-order chi connectivity index (χ1) is 8.97. The average molecular weight is 268 g/mol. The van der Waals surface area contributed by atoms with Gasteiger partial charge in [0.15, 0.2) is 11.6 Å². The van der Waals surface area contributed by atoms with Crippen molar-refractivity contribution in [3.63, 3.8) is 0 Å². The summed E-state index contributed by atoms with van der Waals surface area (Å²) in [4.78, 5) is 22.0. The summed E-state index contributed by atoms with van der Waals surface area (Å²) in [7, 11) is 0. The summed E-state index contributed by atoms with van der Waals surface area (Å²) in [5.41, 5.74) is 0.429. The lowest BCUT2D eigenvalue weighted by molar-refractivity contribution is -0.172. The minimum atomic E-state index is -0.966. The first-order valence-corrected chi connectivity index (χ1v) is 5.77. The predicted molar refractivity (Wildman–Crippen MR) is 61.7 cm³/mol. The Labute approximate surface area is 109 Å². The van der Waals surface area contributed by atoms with Gasteiger partial charge in [-0.05, 0) is 6.07 Å². The standard InChI is InChI=1S/C13H13FO5/c1-7(15)17-11-6-12(18-8(2)16)19-13-9(11)4-3-5-10(13)14/h3-5,11-12H,6H2,1-2H3. The number of para-hydroxylation sites is 1. The second kappa shape index (κ2) is 5.26. The molecule has 0 saturated heterocycles. The van der Waals surface area contributed by atoms with Gasteiger partial charge in [-0.25, -0.2) is 4.39 Å². The molecule has 0 amide bonds. The molecule has 6 heteroatoms. The van der Waals surface area contributed by atoms with Gasteiger partial charge >= 0.3 is 11.9 Å². The molecule has 0 bridgehead atoms. The van der Waals surface area contributed by atoms with Crippen molar-refractivity contribution in [2.75, 3.05) is 0 Å². The second-order valence-electron chi connectivity index (χ2n) is 4.15. The van der Waals surface area contributed by atoms with Crippen LogP contribution in [0.4, 0.5) is 4.39 Å². The molecule has 0 aromatic heterocycles. The fourth-order valence-electron chi connectivity index (χ4n) is 1.95. The van der Waals surface area contributed by atoms with Gasteiger partial charge in [-0.2, -0.15) is 0 Å². The maximum atomic E-state index is 13.7. The predicted octanol–water partition coefficient (Wildman–Crippen LogP) is 2.10. The molecular formula is C13H13FO5. The number of hydrogen-bond donors (Lipinski definition) is 0. The van der Waals surface area contributed by atoms with Gasteiger partial charge in [0, 0.05) is 19.4 Å². The van der Waals surface area contributed by atoms with Crippen molar-refractivity contribution in [1.82, 2.24) is 0 Å². The molecule has 1 aliphatic heterocycles. The van der Waals surface area contributed by atoms with E-state index >= 15 is 0 Å². The normalized spacial score (nSPS) is 21.0. The van der Waals surface area contributed by atoms with Crippen LogP contribution in [0, 0.1) is 5.82 Å². The summed E-state index contributed by atoms with van der Waals surface area (Å²) in [6.45, 7) is 2.48. The fourth-order valence-corrected chi connectivity index (χ4v) is 1.95. The van der Waals surface area contributed by atoms with Crippen molar-refractivity contribution in [1.29, 1.82) is 0 Å². The minimum absolute atomic E-state index is 0.0498. The summed E-state index contributed by atoms with van der Waals surface area (Å²) >= 11 is 0. The Bertz CT molecular complexity index is 514. The third-order valence-corrected chi connectivity index (χ3v) is 2.61. The molecule has 102 valence electrons. The highest BCUT2D eigenvalue weighted by Gasteiger charge is 2.33. The van der Waals surface area contributed by atoms with Crippen molar-refractivity contribution < 1.29 is 28.2 Å². The first kappa shape index (κ1) is 13.3. The summed E-state index contributed by atoms with van der Waals surface area (Å²) in [5.74, 6) is -1.69. The van der Waals surface area contributed by atoms with Crippen LogP contribution >= 0.6 is 0 Å². The van der Waals surface area contributed by atoms with E-state index < -0.39 is 30.1 Å². The molecule has 1 aromatic rings. The third kappa shape index (κ3) is 3.01. The van der Waals surface area contributed by atoms with Crippen LogP contribution in [0.1, 0.15) is 31.9 Å². The Kier molecular flexibility index (Phi) is 3.69. The van der Waals surface area contributed by atoms with Gasteiger partial charge in [-0.3, -0.25) is 9.59 Å². The molecule has 0 radical (unpaired) electrons. The molecule has 1 aliphatic rings. The molecule has 2 rings (SSSR count). The van der Waals surface area contributed by atoms with Gasteiger partial charge in [0.05, 0.1) is 6.42 Å². The van der Waals surface area contributed by atoms with Crippen LogP contribution in [-0.4, -0.2) is 18.2 Å². The van der Waals surface area contributed by atoms with E-state index in [1.165, 1.54) is 26.0 Å². The number of halogens is 1. The lowest BCUT2D eigenvalue weighted by Gasteiger charge is -2.30. The molecule has 5 nitrogen and oxygen atoms in total. The summed E-state index contributed by atoms with van der Waals surface area (Å²) in [6, 6.07) is 4.33. The van der Waals surface area contributed by atoms with Gasteiger partial charge in [0.25, 0.3) is 0 Å². The Morgan fingerprint density at radius 3 is 2.58 bits per heavy atom. The Morgan fingerprint density at radius 2 is 1.95 bits per heavy atom. The zero-order chi connectivity index (χ0) is 14.0. The van der Waals surface area contributed by atoms with E-state index in [0.29, 0.717) is 5.56 Å². The van der Waals surface area contributed by atoms with Crippen molar-refractivity contribution in [2.24, 2.45) is 0 Å². The molecule has 0 fully saturated rings. The van der Waals surface area contributed by atoms with Gasteiger partial charge in [-0.1, -0.05) is 12.1 Å². The van der Waals surface area contributed by atoms with Gasteiger partial charge in [-0.15, -0.1) is 0 Å². The smallest absolute Gasteiger partial charge is 0.305 e. The fraction of sp³-hybridized carbons (Fsp3) is 0.385. The van der Waals surface area contributed by atoms with E-state index in [1.807, 2.05) is 0 Å². The quantitative estimate of drug-likeness (QED) is 0.769. The third-order valence-electron chi connectivity index (χ3n) is 2.61. The lowest BCUT2D eigenvalue weighted by atomic mass is 10.0. The molecule has 19 heavy (non-hydrogen) atoms. The van der Waals surface area contributed by atoms with Crippen LogP contribution in [-0.2, 0) is 19.1 Å². The topological polar surface area (TPSA) is 61.8 Å². The van der Waals surface area contributed by atoms with Crippen molar-refractivity contribution >= 4 is 11.9 Å². The highest BCUT2D eigenvalue weighted by atomic mass is 19.1. The number of esters is 2. The molecule has 1 aromatic carbocycles. The highest BCUT2D eigenvalue weighted by molar-refractivity contribution is 5.67. The number of benzene rings is 1. The Hall–Kier alpha value is -2.11. The maximum absolute atomic E-state index is 13.7. The number of ether oxygens (including phenoxy) is 3. The Balaban J connectivity index is 2.31. The van der Waals surface area contributed by atoms with Gasteiger partial charge < -0.3 is 14.2 Å². The lowest BCUT2D eigenvalue weighted by Crippen LogP contribution is -2.31. The van der Waals surface area contributed by atoms with Crippen LogP contribution in [0.25, 0.3) is 0 Å². The first-order valence-electron chi connectivity index (χ1n) is 5.77. The minimum Gasteiger partial charge on any atom is -0.457 e. The Morgan fingerprint density at radius 1 is 1.26 bits per heavy atom. The maximum Gasteiger partial charge on any atom is 0.305 e. The number of hydrogen-bond acceptors (Lipinski definition) is 5. The van der Waals surface area contributed by atoms with Crippen LogP contribution in [0.3, 0.4) is 0 Å². The van der Waals surface area contributed by atoms with E-state index in [0.717, 1.165) is 0 Å². The SMILES string of the molecule is CC(=O)OC1CC(OC(C)=O)c2cccc(F)c2O1. The van der Waals surface area contributed by atoms with E-state index in [4.69, 9.17) is 14.2 Å². The summed E-state index contributed by atoms with van der Waals surface area (Å²) in [5, 5.41) is 0. The number of fused-ring (bicyclic) bond motifs is 1. The van der Waals surface area contributed by atoms with Crippen molar-refractivity contribution in [3.05, 3.63) is 29.6 Å². The van der Waals surface area contributed by atoms with Crippen molar-refractivity contribution in [2.45, 2.75) is 32.7 Å². The monoisotopic (exact) mass is 268 g/mol. The van der Waals surface area contributed by atoms with Crippen LogP contribution in [0.5, 0.6) is 5.75 Å². The number of carbonyl (C=O) groups is 2. The molecule has 0 N–H and O–H groups in total. The molecule has 0 aliphatic carbocycles. The van der Waals surface area contributed by atoms with E-state index in [-0.39, 0.29) is 12.2 Å². The number of carbonyl (C=O) groups excluding carboxylic acids is 2. The highest BCUT2D eigenvalue weighted by Crippen LogP contribution is 2.39. The molecule has 0 saturated carbocycles. The zero-order valence-corrected chi connectivity index (χ0v) is 10.5. The largest absolute Gasteiger partial charge is 0.457 e. The summed E-state index contributed by atoms with van der Waals surface area (Å²) in [6.07, 6.45) is -1.53. The second-order valence-corrected chi connectivity index (χ2v) is 4.15. The van der Waals surface area contributed by atoms with Gasteiger partial charge in [0.2, 0.25) is 6.29 Å². The van der Waals surface area contributed by atoms with Crippen LogP contribution < -0.4 is 4.74 Å². The molecular weight excluding hydrogens is 255 g/mol. The molecule has 0 spiro atoms. The van der Waals surface area contributed by atoms with Crippen LogP contribution in [0.2, 0.25) is 0 Å². The van der Waals surface area contributed by atoms with E-state index in [1.54, 1.807) is 6.07 Å². The molecule has 2 atom stereocenters. The average Bonchev–Trinajstić information content (AvgIpc) is 2.29.